The number of sulfonamides is 1. The fourth-order valence-electron chi connectivity index (χ4n) is 9.20. The zero-order valence-electron chi connectivity index (χ0n) is 34.3. The van der Waals surface area contributed by atoms with Gasteiger partial charge >= 0.3 is 5.97 Å². The molecule has 2 amide bonds. The Kier molecular flexibility index (Phi) is 11.3. The summed E-state index contributed by atoms with van der Waals surface area (Å²) in [5, 5.41) is 1.78. The number of benzene rings is 1. The molecule has 2 saturated carbocycles. The van der Waals surface area contributed by atoms with Gasteiger partial charge in [-0.3, -0.25) is 23.9 Å². The molecule has 3 fully saturated rings. The van der Waals surface area contributed by atoms with Gasteiger partial charge in [0.2, 0.25) is 33.6 Å². The van der Waals surface area contributed by atoms with Crippen molar-refractivity contribution in [3.8, 4) is 11.8 Å². The predicted molar refractivity (Wildman–Crippen MR) is 215 cm³/mol. The Morgan fingerprint density at radius 2 is 1.84 bits per heavy atom. The number of ether oxygens (including phenoxy) is 3. The highest BCUT2D eigenvalue weighted by atomic mass is 32.2. The second-order valence-electron chi connectivity index (χ2n) is 18.6. The smallest absolute Gasteiger partial charge is 0.307 e. The number of fused-ring (bicyclic) bond motifs is 5. The van der Waals surface area contributed by atoms with Crippen LogP contribution in [0.25, 0.3) is 10.8 Å². The van der Waals surface area contributed by atoms with E-state index >= 15 is 4.79 Å². The third-order valence-electron chi connectivity index (χ3n) is 13.0. The standard InChI is InChI=1S/C44H59N3O9S/c1-7-28-21-27(2)13-8-9-14-29-24-44(29,41(51)46-57(52,53)43(6)18-19-43)25-36(48)35-22-30(26-47(35)40(50)34(28)23-37(49)56-42(3,4)5)55-39-33-16-11-10-15-31(33)32-17-12-20-54-38(32)45-39/h9-11,14-16,27-30,34-35H,7-8,12-13,17-26H2,1-6H3,(H,46,51)/b14-9-/t27-,28+,29+,30+,34-,35-,44+/m0/s1. The number of Topliss-reactive ketones (excluding diaryl/α,β-unsaturated/α-hetero) is 1. The van der Waals surface area contributed by atoms with Crippen LogP contribution in [-0.2, 0) is 40.4 Å². The lowest BCUT2D eigenvalue weighted by molar-refractivity contribution is -0.160. The summed E-state index contributed by atoms with van der Waals surface area (Å²) in [6.07, 6.45) is 8.99. The highest BCUT2D eigenvalue weighted by Crippen LogP contribution is 2.58. The first kappa shape index (κ1) is 41.2. The third-order valence-corrected chi connectivity index (χ3v) is 15.1. The molecular formula is C44H59N3O9S. The summed E-state index contributed by atoms with van der Waals surface area (Å²) < 4.78 is 46.3. The van der Waals surface area contributed by atoms with Gasteiger partial charge in [0.05, 0.1) is 41.7 Å². The number of esters is 1. The number of allylic oxidation sites excluding steroid dienone is 2. The molecule has 3 aliphatic heterocycles. The first-order chi connectivity index (χ1) is 26.9. The highest BCUT2D eigenvalue weighted by molar-refractivity contribution is 7.91. The molecule has 1 aromatic carbocycles. The van der Waals surface area contributed by atoms with E-state index in [0.29, 0.717) is 50.5 Å². The number of carbonyl (C=O) groups is 4. The molecule has 1 aromatic heterocycles. The first-order valence-corrected chi connectivity index (χ1v) is 22.4. The normalized spacial score (nSPS) is 30.7. The molecule has 0 bridgehead atoms. The fraction of sp³-hybridized carbons (Fsp3) is 0.659. The van der Waals surface area contributed by atoms with E-state index in [9.17, 15) is 22.8 Å². The molecule has 310 valence electrons. The number of nitrogens with zero attached hydrogens (tertiary/aromatic N) is 2. The molecule has 7 atom stereocenters. The summed E-state index contributed by atoms with van der Waals surface area (Å²) in [5.74, 6) is -1.96. The maximum absolute atomic E-state index is 15.1. The Morgan fingerprint density at radius 1 is 1.11 bits per heavy atom. The van der Waals surface area contributed by atoms with Crippen LogP contribution >= 0.6 is 0 Å². The molecule has 0 unspecified atom stereocenters. The molecule has 0 radical (unpaired) electrons. The quantitative estimate of drug-likeness (QED) is 0.227. The van der Waals surface area contributed by atoms with Crippen molar-refractivity contribution in [2.75, 3.05) is 13.2 Å². The van der Waals surface area contributed by atoms with E-state index in [-0.39, 0.29) is 55.3 Å². The summed E-state index contributed by atoms with van der Waals surface area (Å²) in [7, 11) is -3.95. The van der Waals surface area contributed by atoms with Crippen LogP contribution < -0.4 is 14.2 Å². The number of hydrogen-bond donors (Lipinski definition) is 1. The van der Waals surface area contributed by atoms with E-state index < -0.39 is 55.7 Å². The lowest BCUT2D eigenvalue weighted by atomic mass is 9.79. The molecular weight excluding hydrogens is 747 g/mol. The van der Waals surface area contributed by atoms with Crippen molar-refractivity contribution < 1.29 is 41.8 Å². The number of amides is 2. The maximum Gasteiger partial charge on any atom is 0.307 e. The van der Waals surface area contributed by atoms with E-state index in [2.05, 4.69) is 11.6 Å². The van der Waals surface area contributed by atoms with Crippen molar-refractivity contribution in [3.63, 3.8) is 0 Å². The minimum Gasteiger partial charge on any atom is -0.477 e. The number of rotatable bonds is 8. The number of aromatic nitrogens is 1. The second kappa shape index (κ2) is 15.6. The number of nitrogens with one attached hydrogen (secondary N) is 1. The molecule has 12 nitrogen and oxygen atoms in total. The van der Waals surface area contributed by atoms with Crippen molar-refractivity contribution in [2.45, 2.75) is 141 Å². The van der Waals surface area contributed by atoms with E-state index in [0.717, 1.165) is 42.0 Å². The molecule has 4 heterocycles. The summed E-state index contributed by atoms with van der Waals surface area (Å²) in [5.41, 5.74) is -0.991. The summed E-state index contributed by atoms with van der Waals surface area (Å²) in [4.78, 5) is 63.8. The van der Waals surface area contributed by atoms with Crippen LogP contribution in [0, 0.1) is 29.1 Å². The SMILES string of the molecule is CC[C@@H]1C[C@@H](C)CC/C=C\[C@@H]2C[C@@]2(C(=O)NS(=O)(=O)C2(C)CC2)CC(=O)[C@@H]2C[C@@H](Oc3nc4c(c5ccccc35)CCCO4)CN2C(=O)[C@H]1CC(=O)OC(C)(C)C. The van der Waals surface area contributed by atoms with Crippen molar-refractivity contribution in [2.24, 2.45) is 29.1 Å². The molecule has 1 N–H and O–H groups in total. The van der Waals surface area contributed by atoms with Gasteiger partial charge in [0, 0.05) is 23.8 Å². The number of carbonyl (C=O) groups excluding carboxylic acids is 4. The van der Waals surface area contributed by atoms with Gasteiger partial charge in [-0.25, -0.2) is 8.42 Å². The minimum absolute atomic E-state index is 0.0647. The zero-order valence-corrected chi connectivity index (χ0v) is 35.1. The largest absolute Gasteiger partial charge is 0.477 e. The Hall–Kier alpha value is -4.00. The zero-order chi connectivity index (χ0) is 40.9. The van der Waals surface area contributed by atoms with Crippen molar-refractivity contribution in [1.29, 1.82) is 0 Å². The van der Waals surface area contributed by atoms with Gasteiger partial charge in [-0.2, -0.15) is 4.98 Å². The summed E-state index contributed by atoms with van der Waals surface area (Å²) in [6, 6.07) is 6.87. The summed E-state index contributed by atoms with van der Waals surface area (Å²) >= 11 is 0. The highest BCUT2D eigenvalue weighted by Gasteiger charge is 2.62. The van der Waals surface area contributed by atoms with Crippen LogP contribution in [-0.4, -0.2) is 77.5 Å². The lowest BCUT2D eigenvalue weighted by Gasteiger charge is -2.33. The minimum atomic E-state index is -3.95. The Bertz CT molecular complexity index is 2050. The van der Waals surface area contributed by atoms with Crippen molar-refractivity contribution >= 4 is 44.4 Å². The topological polar surface area (TPSA) is 158 Å². The van der Waals surface area contributed by atoms with Gasteiger partial charge in [-0.15, -0.1) is 0 Å². The lowest BCUT2D eigenvalue weighted by Crippen LogP contribution is -2.48. The van der Waals surface area contributed by atoms with E-state index in [1.807, 2.05) is 43.3 Å². The summed E-state index contributed by atoms with van der Waals surface area (Å²) in [6.45, 7) is 11.8. The van der Waals surface area contributed by atoms with Crippen molar-refractivity contribution in [1.82, 2.24) is 14.6 Å². The van der Waals surface area contributed by atoms with Crippen LogP contribution in [0.1, 0.15) is 118 Å². The molecule has 13 heteroatoms. The average Bonchev–Trinajstić information content (AvgIpc) is 4.04. The number of aryl methyl sites for hydroxylation is 1. The van der Waals surface area contributed by atoms with E-state index in [1.165, 1.54) is 0 Å². The number of pyridine rings is 1. The van der Waals surface area contributed by atoms with Gasteiger partial charge < -0.3 is 19.1 Å². The number of hydrogen-bond acceptors (Lipinski definition) is 10. The predicted octanol–water partition coefficient (Wildman–Crippen LogP) is 6.62. The van der Waals surface area contributed by atoms with Crippen LogP contribution in [0.15, 0.2) is 36.4 Å². The van der Waals surface area contributed by atoms with Crippen LogP contribution in [0.2, 0.25) is 0 Å². The van der Waals surface area contributed by atoms with Gasteiger partial charge in [0.1, 0.15) is 11.7 Å². The molecule has 2 aliphatic carbocycles. The Balaban J connectivity index is 1.25. The van der Waals surface area contributed by atoms with Crippen LogP contribution in [0.5, 0.6) is 11.8 Å². The van der Waals surface area contributed by atoms with Crippen molar-refractivity contribution in [3.05, 3.63) is 42.0 Å². The monoisotopic (exact) mass is 805 g/mol. The maximum atomic E-state index is 15.1. The molecule has 5 aliphatic rings. The molecule has 1 saturated heterocycles. The van der Waals surface area contributed by atoms with Crippen LogP contribution in [0.4, 0.5) is 0 Å². The average molecular weight is 806 g/mol. The fourth-order valence-corrected chi connectivity index (χ4v) is 10.5. The van der Waals surface area contributed by atoms with Gasteiger partial charge in [0.25, 0.3) is 0 Å². The second-order valence-corrected chi connectivity index (χ2v) is 20.8. The molecule has 7 rings (SSSR count). The molecule has 2 aromatic rings. The third kappa shape index (κ3) is 8.59. The van der Waals surface area contributed by atoms with Gasteiger partial charge in [0.15, 0.2) is 5.78 Å². The van der Waals surface area contributed by atoms with E-state index in [1.54, 1.807) is 32.6 Å². The Morgan fingerprint density at radius 3 is 2.54 bits per heavy atom. The van der Waals surface area contributed by atoms with E-state index in [4.69, 9.17) is 19.2 Å². The Labute approximate surface area is 336 Å². The molecule has 0 spiro atoms. The van der Waals surface area contributed by atoms with Crippen LogP contribution in [0.3, 0.4) is 0 Å². The number of ketones is 1. The van der Waals surface area contributed by atoms with Gasteiger partial charge in [-0.1, -0.05) is 50.6 Å². The molecule has 57 heavy (non-hydrogen) atoms. The van der Waals surface area contributed by atoms with Gasteiger partial charge in [-0.05, 0) is 108 Å². The first-order valence-electron chi connectivity index (χ1n) is 20.9.